The molecule has 1 aromatic rings. The second-order valence-corrected chi connectivity index (χ2v) is 5.61. The van der Waals surface area contributed by atoms with Crippen LogP contribution >= 0.6 is 15.9 Å². The number of halogens is 1. The van der Waals surface area contributed by atoms with Gasteiger partial charge in [-0.25, -0.2) is 0 Å². The molecule has 0 saturated carbocycles. The van der Waals surface area contributed by atoms with Gasteiger partial charge in [0.1, 0.15) is 0 Å². The Morgan fingerprint density at radius 3 is 2.50 bits per heavy atom. The van der Waals surface area contributed by atoms with Gasteiger partial charge in [-0.1, -0.05) is 59.1 Å². The van der Waals surface area contributed by atoms with Crippen LogP contribution in [0.25, 0.3) is 0 Å². The van der Waals surface area contributed by atoms with Crippen molar-refractivity contribution in [3.05, 3.63) is 35.4 Å². The van der Waals surface area contributed by atoms with Gasteiger partial charge in [0, 0.05) is 18.5 Å². The number of alkyl halides is 1. The predicted octanol–water partition coefficient (Wildman–Crippen LogP) is 4.76. The van der Waals surface area contributed by atoms with Gasteiger partial charge in [-0.2, -0.15) is 0 Å². The summed E-state index contributed by atoms with van der Waals surface area (Å²) in [5.41, 5.74) is 2.76. The molecule has 0 radical (unpaired) electrons. The standard InChI is InChI=1S/C16H25BrO/c1-3-4-10-18-11-9-16(13-17)12-15-7-5-14(2)6-8-15/h5-8,16H,3-4,9-13H2,1-2H3. The van der Waals surface area contributed by atoms with E-state index in [0.29, 0.717) is 5.92 Å². The van der Waals surface area contributed by atoms with Crippen LogP contribution in [-0.4, -0.2) is 18.5 Å². The first-order valence-electron chi connectivity index (χ1n) is 6.95. The highest BCUT2D eigenvalue weighted by Crippen LogP contribution is 2.15. The molecule has 1 nitrogen and oxygen atoms in total. The minimum Gasteiger partial charge on any atom is -0.381 e. The van der Waals surface area contributed by atoms with E-state index in [1.54, 1.807) is 0 Å². The van der Waals surface area contributed by atoms with Gasteiger partial charge in [0.25, 0.3) is 0 Å². The Balaban J connectivity index is 2.26. The zero-order chi connectivity index (χ0) is 13.2. The zero-order valence-electron chi connectivity index (χ0n) is 11.6. The summed E-state index contributed by atoms with van der Waals surface area (Å²) in [5, 5.41) is 1.05. The maximum atomic E-state index is 5.64. The molecular formula is C16H25BrO. The van der Waals surface area contributed by atoms with E-state index in [1.165, 1.54) is 24.0 Å². The average molecular weight is 313 g/mol. The molecule has 1 rings (SSSR count). The molecule has 0 saturated heterocycles. The molecule has 18 heavy (non-hydrogen) atoms. The summed E-state index contributed by atoms with van der Waals surface area (Å²) < 4.78 is 5.64. The summed E-state index contributed by atoms with van der Waals surface area (Å²) in [6.45, 7) is 6.13. The Morgan fingerprint density at radius 2 is 1.89 bits per heavy atom. The highest BCUT2D eigenvalue weighted by molar-refractivity contribution is 9.09. The van der Waals surface area contributed by atoms with Gasteiger partial charge in [-0.15, -0.1) is 0 Å². The maximum Gasteiger partial charge on any atom is 0.0469 e. The normalized spacial score (nSPS) is 12.6. The Bertz CT molecular complexity index is 307. The minimum absolute atomic E-state index is 0.675. The number of rotatable bonds is 9. The topological polar surface area (TPSA) is 9.23 Å². The first kappa shape index (κ1) is 15.7. The molecule has 0 heterocycles. The van der Waals surface area contributed by atoms with Crippen LogP contribution < -0.4 is 0 Å². The van der Waals surface area contributed by atoms with Gasteiger partial charge in [-0.05, 0) is 37.7 Å². The quantitative estimate of drug-likeness (QED) is 0.472. The highest BCUT2D eigenvalue weighted by Gasteiger charge is 2.08. The van der Waals surface area contributed by atoms with Crippen molar-refractivity contribution in [1.29, 1.82) is 0 Å². The van der Waals surface area contributed by atoms with Gasteiger partial charge in [-0.3, -0.25) is 0 Å². The van der Waals surface area contributed by atoms with Crippen molar-refractivity contribution in [3.63, 3.8) is 0 Å². The molecule has 0 aromatic heterocycles. The summed E-state index contributed by atoms with van der Waals surface area (Å²) in [6, 6.07) is 8.86. The van der Waals surface area contributed by atoms with Crippen molar-refractivity contribution in [2.45, 2.75) is 39.5 Å². The Morgan fingerprint density at radius 1 is 1.17 bits per heavy atom. The van der Waals surface area contributed by atoms with Crippen molar-refractivity contribution < 1.29 is 4.74 Å². The summed E-state index contributed by atoms with van der Waals surface area (Å²) in [4.78, 5) is 0. The van der Waals surface area contributed by atoms with Crippen LogP contribution in [0.5, 0.6) is 0 Å². The van der Waals surface area contributed by atoms with Crippen LogP contribution in [0.15, 0.2) is 24.3 Å². The molecule has 1 unspecified atom stereocenters. The van der Waals surface area contributed by atoms with Crippen molar-refractivity contribution in [3.8, 4) is 0 Å². The van der Waals surface area contributed by atoms with E-state index in [9.17, 15) is 0 Å². The smallest absolute Gasteiger partial charge is 0.0469 e. The van der Waals surface area contributed by atoms with E-state index in [4.69, 9.17) is 4.74 Å². The third kappa shape index (κ3) is 6.55. The Labute approximate surface area is 120 Å². The molecule has 0 N–H and O–H groups in total. The minimum atomic E-state index is 0.675. The fraction of sp³-hybridized carbons (Fsp3) is 0.625. The highest BCUT2D eigenvalue weighted by atomic mass is 79.9. The lowest BCUT2D eigenvalue weighted by atomic mass is 9.98. The molecule has 0 amide bonds. The number of aryl methyl sites for hydroxylation is 1. The molecule has 0 aliphatic rings. The van der Waals surface area contributed by atoms with Crippen molar-refractivity contribution >= 4 is 15.9 Å². The van der Waals surface area contributed by atoms with Crippen molar-refractivity contribution in [2.24, 2.45) is 5.92 Å². The summed E-state index contributed by atoms with van der Waals surface area (Å²) >= 11 is 3.62. The molecule has 0 aliphatic carbocycles. The van der Waals surface area contributed by atoms with E-state index in [0.717, 1.165) is 31.4 Å². The molecular weight excluding hydrogens is 288 g/mol. The number of ether oxygens (including phenoxy) is 1. The molecule has 0 bridgehead atoms. The largest absolute Gasteiger partial charge is 0.381 e. The number of benzene rings is 1. The Kier molecular flexibility index (Phi) is 8.36. The van der Waals surface area contributed by atoms with Gasteiger partial charge in [0.05, 0.1) is 0 Å². The summed E-state index contributed by atoms with van der Waals surface area (Å²) in [7, 11) is 0. The fourth-order valence-corrected chi connectivity index (χ4v) is 2.44. The van der Waals surface area contributed by atoms with Crippen molar-refractivity contribution in [2.75, 3.05) is 18.5 Å². The number of unbranched alkanes of at least 4 members (excludes halogenated alkanes) is 1. The van der Waals surface area contributed by atoms with Crippen LogP contribution in [-0.2, 0) is 11.2 Å². The first-order chi connectivity index (χ1) is 8.76. The first-order valence-corrected chi connectivity index (χ1v) is 8.07. The van der Waals surface area contributed by atoms with E-state index in [-0.39, 0.29) is 0 Å². The molecule has 2 heteroatoms. The van der Waals surface area contributed by atoms with Gasteiger partial charge < -0.3 is 4.74 Å². The molecule has 0 aliphatic heterocycles. The van der Waals surface area contributed by atoms with Gasteiger partial charge in [0.2, 0.25) is 0 Å². The van der Waals surface area contributed by atoms with Crippen LogP contribution in [0.3, 0.4) is 0 Å². The number of hydrogen-bond acceptors (Lipinski definition) is 1. The van der Waals surface area contributed by atoms with Gasteiger partial charge >= 0.3 is 0 Å². The lowest BCUT2D eigenvalue weighted by molar-refractivity contribution is 0.120. The SMILES string of the molecule is CCCCOCCC(CBr)Cc1ccc(C)cc1. The van der Waals surface area contributed by atoms with Crippen molar-refractivity contribution in [1.82, 2.24) is 0 Å². The lowest BCUT2D eigenvalue weighted by Crippen LogP contribution is -2.10. The number of hydrogen-bond donors (Lipinski definition) is 0. The second kappa shape index (κ2) is 9.57. The van der Waals surface area contributed by atoms with Crippen LogP contribution in [0.4, 0.5) is 0 Å². The van der Waals surface area contributed by atoms with Crippen LogP contribution in [0, 0.1) is 12.8 Å². The lowest BCUT2D eigenvalue weighted by Gasteiger charge is -2.14. The summed E-state index contributed by atoms with van der Waals surface area (Å²) in [6.07, 6.45) is 4.67. The zero-order valence-corrected chi connectivity index (χ0v) is 13.2. The third-order valence-corrected chi connectivity index (χ3v) is 4.09. The van der Waals surface area contributed by atoms with Crippen LogP contribution in [0.2, 0.25) is 0 Å². The molecule has 0 spiro atoms. The van der Waals surface area contributed by atoms with E-state index < -0.39 is 0 Å². The van der Waals surface area contributed by atoms with Gasteiger partial charge in [0.15, 0.2) is 0 Å². The maximum absolute atomic E-state index is 5.64. The summed E-state index contributed by atoms with van der Waals surface area (Å²) in [5.74, 6) is 0.675. The molecule has 0 fully saturated rings. The van der Waals surface area contributed by atoms with E-state index in [2.05, 4.69) is 54.0 Å². The second-order valence-electron chi connectivity index (χ2n) is 4.96. The molecule has 102 valence electrons. The fourth-order valence-electron chi connectivity index (χ4n) is 1.89. The third-order valence-electron chi connectivity index (χ3n) is 3.18. The van der Waals surface area contributed by atoms with E-state index in [1.807, 2.05) is 0 Å². The van der Waals surface area contributed by atoms with E-state index >= 15 is 0 Å². The Hall–Kier alpha value is -0.340. The predicted molar refractivity (Wildman–Crippen MR) is 82.5 cm³/mol. The average Bonchev–Trinajstić information content (AvgIpc) is 2.39. The van der Waals surface area contributed by atoms with Crippen LogP contribution in [0.1, 0.15) is 37.3 Å². The monoisotopic (exact) mass is 312 g/mol. The molecule has 1 atom stereocenters. The molecule has 1 aromatic carbocycles.